The van der Waals surface area contributed by atoms with Gasteiger partial charge in [-0.15, -0.1) is 0 Å². The SMILES string of the molecule is CCCCCCc1cccc(C(=O)NNC(=O)CCCC(CCCCCC)C(=O)NNC(=O)c2cccc(CCCCCC)c2O)c1O. The zero-order valence-electron chi connectivity index (χ0n) is 29.3. The molecule has 0 aliphatic heterocycles. The second-order valence-corrected chi connectivity index (χ2v) is 12.6. The van der Waals surface area contributed by atoms with Crippen molar-refractivity contribution in [3.05, 3.63) is 58.7 Å². The number of aryl methyl sites for hydroxylation is 2. The highest BCUT2D eigenvalue weighted by atomic mass is 16.3. The highest BCUT2D eigenvalue weighted by Gasteiger charge is 2.21. The third kappa shape index (κ3) is 14.4. The number of phenolic OH excluding ortho intramolecular Hbond substituents is 2. The molecule has 1 atom stereocenters. The predicted molar refractivity (Wildman–Crippen MR) is 189 cm³/mol. The summed E-state index contributed by atoms with van der Waals surface area (Å²) in [6, 6.07) is 10.1. The fourth-order valence-electron chi connectivity index (χ4n) is 5.71. The van der Waals surface area contributed by atoms with Crippen LogP contribution >= 0.6 is 0 Å². The molecule has 2 aromatic rings. The minimum absolute atomic E-state index is 0.0692. The van der Waals surface area contributed by atoms with E-state index in [4.69, 9.17) is 0 Å². The molecule has 6 N–H and O–H groups in total. The van der Waals surface area contributed by atoms with Gasteiger partial charge in [-0.1, -0.05) is 109 Å². The Morgan fingerprint density at radius 1 is 0.562 bits per heavy atom. The van der Waals surface area contributed by atoms with E-state index in [0.717, 1.165) is 77.0 Å². The number of nitrogens with one attached hydrogen (secondary N) is 4. The molecule has 0 heterocycles. The van der Waals surface area contributed by atoms with Crippen molar-refractivity contribution in [3.8, 4) is 11.5 Å². The molecule has 266 valence electrons. The molecule has 0 aliphatic rings. The zero-order chi connectivity index (χ0) is 35.1. The molecule has 1 unspecified atom stereocenters. The Morgan fingerprint density at radius 2 is 1.02 bits per heavy atom. The number of aromatic hydroxyl groups is 2. The van der Waals surface area contributed by atoms with Crippen LogP contribution in [0.5, 0.6) is 11.5 Å². The van der Waals surface area contributed by atoms with Crippen molar-refractivity contribution in [2.24, 2.45) is 5.92 Å². The van der Waals surface area contributed by atoms with Gasteiger partial charge in [0.05, 0.1) is 11.1 Å². The molecule has 0 radical (unpaired) electrons. The smallest absolute Gasteiger partial charge is 0.273 e. The fourth-order valence-corrected chi connectivity index (χ4v) is 5.71. The van der Waals surface area contributed by atoms with Crippen LogP contribution in [-0.2, 0) is 22.4 Å². The molecule has 4 amide bonds. The summed E-state index contributed by atoms with van der Waals surface area (Å²) >= 11 is 0. The monoisotopic (exact) mass is 666 g/mol. The molecule has 0 saturated heterocycles. The van der Waals surface area contributed by atoms with Crippen molar-refractivity contribution in [1.29, 1.82) is 0 Å². The molecular formula is C38H58N4O6. The Morgan fingerprint density at radius 3 is 1.52 bits per heavy atom. The first-order valence-corrected chi connectivity index (χ1v) is 18.0. The Kier molecular flexibility index (Phi) is 19.4. The second-order valence-electron chi connectivity index (χ2n) is 12.6. The highest BCUT2D eigenvalue weighted by molar-refractivity contribution is 5.99. The van der Waals surface area contributed by atoms with Gasteiger partial charge in [0.25, 0.3) is 11.8 Å². The average molecular weight is 667 g/mol. The number of phenols is 2. The first-order chi connectivity index (χ1) is 23.2. The Hall–Kier alpha value is -4.08. The van der Waals surface area contributed by atoms with Crippen molar-refractivity contribution in [2.45, 2.75) is 136 Å². The molecule has 0 bridgehead atoms. The molecular weight excluding hydrogens is 608 g/mol. The van der Waals surface area contributed by atoms with E-state index >= 15 is 0 Å². The van der Waals surface area contributed by atoms with Gasteiger partial charge in [0.15, 0.2) is 0 Å². The number of carbonyl (C=O) groups is 4. The van der Waals surface area contributed by atoms with Crippen molar-refractivity contribution in [3.63, 3.8) is 0 Å². The van der Waals surface area contributed by atoms with E-state index in [-0.39, 0.29) is 35.0 Å². The van der Waals surface area contributed by atoms with E-state index in [1.54, 1.807) is 18.2 Å². The van der Waals surface area contributed by atoms with Crippen LogP contribution in [0.3, 0.4) is 0 Å². The van der Waals surface area contributed by atoms with Gasteiger partial charge >= 0.3 is 0 Å². The second kappa shape index (κ2) is 23.3. The first kappa shape index (κ1) is 40.1. The number of rotatable bonds is 22. The molecule has 0 aromatic heterocycles. The van der Waals surface area contributed by atoms with Gasteiger partial charge in [-0.05, 0) is 68.2 Å². The molecule has 0 saturated carbocycles. The quantitative estimate of drug-likeness (QED) is 0.0571. The normalized spacial score (nSPS) is 11.5. The number of carbonyl (C=O) groups excluding carboxylic acids is 4. The van der Waals surface area contributed by atoms with Crippen molar-refractivity contribution in [1.82, 2.24) is 21.7 Å². The van der Waals surface area contributed by atoms with Gasteiger partial charge in [0.2, 0.25) is 11.8 Å². The summed E-state index contributed by atoms with van der Waals surface area (Å²) in [5, 5.41) is 21.3. The number of hydrazine groups is 2. The third-order valence-corrected chi connectivity index (χ3v) is 8.68. The number of benzene rings is 2. The van der Waals surface area contributed by atoms with Crippen molar-refractivity contribution < 1.29 is 29.4 Å². The molecule has 2 rings (SSSR count). The van der Waals surface area contributed by atoms with Crippen molar-refractivity contribution >= 4 is 23.6 Å². The van der Waals surface area contributed by atoms with Crippen LogP contribution < -0.4 is 21.7 Å². The first-order valence-electron chi connectivity index (χ1n) is 18.0. The largest absolute Gasteiger partial charge is 0.507 e. The molecule has 0 spiro atoms. The Balaban J connectivity index is 1.88. The lowest BCUT2D eigenvalue weighted by Gasteiger charge is -2.18. The minimum atomic E-state index is -0.603. The minimum Gasteiger partial charge on any atom is -0.507 e. The van der Waals surface area contributed by atoms with Crippen LogP contribution in [0.4, 0.5) is 0 Å². The van der Waals surface area contributed by atoms with E-state index in [9.17, 15) is 29.4 Å². The summed E-state index contributed by atoms with van der Waals surface area (Å²) < 4.78 is 0. The van der Waals surface area contributed by atoms with Crippen molar-refractivity contribution in [2.75, 3.05) is 0 Å². The summed E-state index contributed by atoms with van der Waals surface area (Å²) in [6.07, 6.45) is 15.2. The maximum absolute atomic E-state index is 13.1. The zero-order valence-corrected chi connectivity index (χ0v) is 29.3. The van der Waals surface area contributed by atoms with E-state index in [0.29, 0.717) is 43.2 Å². The van der Waals surface area contributed by atoms with E-state index in [2.05, 4.69) is 42.5 Å². The number of hydrogen-bond acceptors (Lipinski definition) is 6. The molecule has 2 aromatic carbocycles. The number of amides is 4. The summed E-state index contributed by atoms with van der Waals surface area (Å²) in [4.78, 5) is 51.2. The third-order valence-electron chi connectivity index (χ3n) is 8.68. The van der Waals surface area contributed by atoms with Gasteiger partial charge in [-0.3, -0.25) is 40.9 Å². The predicted octanol–water partition coefficient (Wildman–Crippen LogP) is 7.32. The standard InChI is InChI=1S/C38H58N4O6/c1-4-7-10-13-19-28-22-16-25-31(34(28)44)37(47)41-39-33(43)27-18-24-30(21-15-12-9-6-3)36(46)40-42-38(48)32-26-17-23-29(35(32)45)20-14-11-8-5-2/h16-17,22-23,25-26,30,44-45H,4-15,18-21,24,27H2,1-3H3,(H,39,43)(H,40,46)(H,41,47)(H,42,48). The summed E-state index contributed by atoms with van der Waals surface area (Å²) in [7, 11) is 0. The van der Waals surface area contributed by atoms with E-state index in [1.807, 2.05) is 6.07 Å². The highest BCUT2D eigenvalue weighted by Crippen LogP contribution is 2.26. The molecule has 0 fully saturated rings. The summed E-state index contributed by atoms with van der Waals surface area (Å²) in [5.74, 6) is -2.54. The molecule has 10 nitrogen and oxygen atoms in total. The number of unbranched alkanes of at least 4 members (excludes halogenated alkanes) is 9. The topological polar surface area (TPSA) is 157 Å². The molecule has 48 heavy (non-hydrogen) atoms. The van der Waals surface area contributed by atoms with Gasteiger partial charge < -0.3 is 10.2 Å². The van der Waals surface area contributed by atoms with Crippen LogP contribution in [0.25, 0.3) is 0 Å². The molecule has 10 heteroatoms. The van der Waals surface area contributed by atoms with Gasteiger partial charge in [0.1, 0.15) is 11.5 Å². The van der Waals surface area contributed by atoms with Crippen LogP contribution in [-0.4, -0.2) is 33.8 Å². The van der Waals surface area contributed by atoms with Crippen LogP contribution in [0.1, 0.15) is 155 Å². The van der Waals surface area contributed by atoms with Gasteiger partial charge in [0, 0.05) is 12.3 Å². The number of hydrogen-bond donors (Lipinski definition) is 6. The fraction of sp³-hybridized carbons (Fsp3) is 0.579. The van der Waals surface area contributed by atoms with Crippen LogP contribution in [0, 0.1) is 5.92 Å². The van der Waals surface area contributed by atoms with Crippen LogP contribution in [0.15, 0.2) is 36.4 Å². The van der Waals surface area contributed by atoms with Gasteiger partial charge in [-0.25, -0.2) is 0 Å². The maximum Gasteiger partial charge on any atom is 0.273 e. The van der Waals surface area contributed by atoms with E-state index in [1.165, 1.54) is 12.1 Å². The summed E-state index contributed by atoms with van der Waals surface area (Å²) in [6.45, 7) is 6.38. The number of para-hydroxylation sites is 2. The van der Waals surface area contributed by atoms with E-state index < -0.39 is 23.6 Å². The lowest BCUT2D eigenvalue weighted by Crippen LogP contribution is -2.44. The van der Waals surface area contributed by atoms with Crippen LogP contribution in [0.2, 0.25) is 0 Å². The molecule has 0 aliphatic carbocycles. The Bertz CT molecular complexity index is 1300. The van der Waals surface area contributed by atoms with Gasteiger partial charge in [-0.2, -0.15) is 0 Å². The lowest BCUT2D eigenvalue weighted by molar-refractivity contribution is -0.127. The Labute approximate surface area is 286 Å². The average Bonchev–Trinajstić information content (AvgIpc) is 3.08. The summed E-state index contributed by atoms with van der Waals surface area (Å²) in [5.41, 5.74) is 11.4. The lowest BCUT2D eigenvalue weighted by atomic mass is 9.94. The maximum atomic E-state index is 13.1.